The topological polar surface area (TPSA) is 60.2 Å². The molecule has 3 N–H and O–H groups in total. The van der Waals surface area contributed by atoms with Gasteiger partial charge in [-0.15, -0.1) is 0 Å². The number of nitrogens with zero attached hydrogens (tertiary/aromatic N) is 1. The number of hydrazine groups is 1. The molecular formula is C12H19Br2N3O. The van der Waals surface area contributed by atoms with Gasteiger partial charge >= 0.3 is 0 Å². The van der Waals surface area contributed by atoms with Crippen LogP contribution in [0.2, 0.25) is 0 Å². The van der Waals surface area contributed by atoms with Crippen LogP contribution in [-0.2, 0) is 4.74 Å². The highest BCUT2D eigenvalue weighted by Gasteiger charge is 2.21. The molecule has 1 aromatic heterocycles. The highest BCUT2D eigenvalue weighted by molar-refractivity contribution is 9.11. The first kappa shape index (κ1) is 16.0. The van der Waals surface area contributed by atoms with Crippen LogP contribution in [0.15, 0.2) is 21.2 Å². The predicted molar refractivity (Wildman–Crippen MR) is 80.0 cm³/mol. The molecule has 1 aromatic rings. The van der Waals surface area contributed by atoms with Gasteiger partial charge in [0.1, 0.15) is 0 Å². The van der Waals surface area contributed by atoms with Crippen molar-refractivity contribution in [3.05, 3.63) is 26.9 Å². The summed E-state index contributed by atoms with van der Waals surface area (Å²) in [4.78, 5) is 4.40. The third kappa shape index (κ3) is 4.59. The summed E-state index contributed by atoms with van der Waals surface area (Å²) >= 11 is 6.89. The Kier molecular flexibility index (Phi) is 6.20. The van der Waals surface area contributed by atoms with Crippen LogP contribution in [0.4, 0.5) is 0 Å². The first-order chi connectivity index (χ1) is 8.39. The second kappa shape index (κ2) is 6.96. The van der Waals surface area contributed by atoms with Crippen LogP contribution in [0.3, 0.4) is 0 Å². The van der Waals surface area contributed by atoms with Crippen molar-refractivity contribution in [3.8, 4) is 0 Å². The standard InChI is InChI=1S/C12H19Br2N3O/c1-12(2,18-3)5-4-10(17-15)11-9(14)6-8(13)7-16-11/h6-7,10,17H,4-5,15H2,1-3H3. The highest BCUT2D eigenvalue weighted by Crippen LogP contribution is 2.29. The summed E-state index contributed by atoms with van der Waals surface area (Å²) in [6.45, 7) is 4.12. The fourth-order valence-corrected chi connectivity index (χ4v) is 2.84. The summed E-state index contributed by atoms with van der Waals surface area (Å²) < 4.78 is 7.29. The Balaban J connectivity index is 2.77. The van der Waals surface area contributed by atoms with Crippen molar-refractivity contribution in [1.29, 1.82) is 0 Å². The minimum atomic E-state index is -0.156. The smallest absolute Gasteiger partial charge is 0.0729 e. The van der Waals surface area contributed by atoms with E-state index in [9.17, 15) is 0 Å². The fraction of sp³-hybridized carbons (Fsp3) is 0.583. The van der Waals surface area contributed by atoms with Gasteiger partial charge in [0, 0.05) is 22.3 Å². The van der Waals surface area contributed by atoms with Crippen LogP contribution >= 0.6 is 31.9 Å². The maximum Gasteiger partial charge on any atom is 0.0729 e. The molecule has 1 atom stereocenters. The third-order valence-corrected chi connectivity index (χ3v) is 4.02. The number of nitrogens with two attached hydrogens (primary N) is 1. The molecule has 0 amide bonds. The van der Waals surface area contributed by atoms with Crippen molar-refractivity contribution >= 4 is 31.9 Å². The summed E-state index contributed by atoms with van der Waals surface area (Å²) in [6.07, 6.45) is 3.51. The number of pyridine rings is 1. The van der Waals surface area contributed by atoms with Gasteiger partial charge in [-0.05, 0) is 64.6 Å². The normalized spacial score (nSPS) is 13.7. The van der Waals surface area contributed by atoms with Gasteiger partial charge in [-0.3, -0.25) is 16.3 Å². The van der Waals surface area contributed by atoms with E-state index >= 15 is 0 Å². The molecule has 0 aliphatic carbocycles. The monoisotopic (exact) mass is 379 g/mol. The molecule has 18 heavy (non-hydrogen) atoms. The fourth-order valence-electron chi connectivity index (χ4n) is 1.57. The van der Waals surface area contributed by atoms with E-state index in [1.54, 1.807) is 13.3 Å². The van der Waals surface area contributed by atoms with E-state index in [-0.39, 0.29) is 11.6 Å². The lowest BCUT2D eigenvalue weighted by atomic mass is 9.97. The molecule has 0 fully saturated rings. The van der Waals surface area contributed by atoms with Gasteiger partial charge in [0.15, 0.2) is 0 Å². The van der Waals surface area contributed by atoms with Crippen molar-refractivity contribution in [1.82, 2.24) is 10.4 Å². The number of methoxy groups -OCH3 is 1. The number of nitrogens with one attached hydrogen (secondary N) is 1. The van der Waals surface area contributed by atoms with Gasteiger partial charge in [-0.1, -0.05) is 0 Å². The average Bonchev–Trinajstić information content (AvgIpc) is 2.32. The van der Waals surface area contributed by atoms with Crippen molar-refractivity contribution in [2.45, 2.75) is 38.3 Å². The number of halogens is 2. The Hall–Kier alpha value is -0.0100. The zero-order valence-corrected chi connectivity index (χ0v) is 14.0. The number of ether oxygens (including phenoxy) is 1. The number of rotatable bonds is 6. The van der Waals surface area contributed by atoms with Gasteiger partial charge in [-0.2, -0.15) is 0 Å². The van der Waals surface area contributed by atoms with Crippen molar-refractivity contribution in [2.24, 2.45) is 5.84 Å². The number of aromatic nitrogens is 1. The molecule has 102 valence electrons. The van der Waals surface area contributed by atoms with Crippen LogP contribution in [0.1, 0.15) is 38.4 Å². The Morgan fingerprint density at radius 2 is 2.17 bits per heavy atom. The summed E-state index contributed by atoms with van der Waals surface area (Å²) in [5, 5.41) is 0. The van der Waals surface area contributed by atoms with E-state index in [4.69, 9.17) is 10.6 Å². The summed E-state index contributed by atoms with van der Waals surface area (Å²) in [6, 6.07) is 1.97. The maximum atomic E-state index is 5.62. The third-order valence-electron chi connectivity index (χ3n) is 2.96. The van der Waals surface area contributed by atoms with Crippen molar-refractivity contribution in [3.63, 3.8) is 0 Å². The number of hydrogen-bond donors (Lipinski definition) is 2. The minimum absolute atomic E-state index is 0.00176. The zero-order valence-electron chi connectivity index (χ0n) is 10.8. The summed E-state index contributed by atoms with van der Waals surface area (Å²) in [5.74, 6) is 5.62. The molecule has 0 aliphatic heterocycles. The average molecular weight is 381 g/mol. The Morgan fingerprint density at radius 1 is 1.50 bits per heavy atom. The lowest BCUT2D eigenvalue weighted by Gasteiger charge is -2.25. The van der Waals surface area contributed by atoms with E-state index in [2.05, 4.69) is 56.1 Å². The van der Waals surface area contributed by atoms with Crippen molar-refractivity contribution in [2.75, 3.05) is 7.11 Å². The molecule has 0 saturated carbocycles. The Bertz CT molecular complexity index is 399. The van der Waals surface area contributed by atoms with Crippen LogP contribution in [0, 0.1) is 0 Å². The lowest BCUT2D eigenvalue weighted by molar-refractivity contribution is 0.0116. The Labute approximate surface area is 125 Å². The number of hydrogen-bond acceptors (Lipinski definition) is 4. The van der Waals surface area contributed by atoms with Gasteiger partial charge in [0.2, 0.25) is 0 Å². The molecule has 0 aromatic carbocycles. The van der Waals surface area contributed by atoms with Gasteiger partial charge in [0.25, 0.3) is 0 Å². The van der Waals surface area contributed by atoms with Gasteiger partial charge in [-0.25, -0.2) is 0 Å². The van der Waals surface area contributed by atoms with Crippen LogP contribution in [0.25, 0.3) is 0 Å². The summed E-state index contributed by atoms with van der Waals surface area (Å²) in [5.41, 5.74) is 3.57. The molecule has 0 radical (unpaired) electrons. The molecule has 4 nitrogen and oxygen atoms in total. The SMILES string of the molecule is COC(C)(C)CCC(NN)c1ncc(Br)cc1Br. The second-order valence-electron chi connectivity index (χ2n) is 4.74. The maximum absolute atomic E-state index is 5.62. The van der Waals surface area contributed by atoms with E-state index in [1.807, 2.05) is 6.07 Å². The van der Waals surface area contributed by atoms with E-state index in [0.717, 1.165) is 27.5 Å². The molecule has 0 spiro atoms. The quantitative estimate of drug-likeness (QED) is 0.587. The molecule has 1 rings (SSSR count). The Morgan fingerprint density at radius 3 is 2.67 bits per heavy atom. The molecule has 0 saturated heterocycles. The first-order valence-electron chi connectivity index (χ1n) is 5.72. The molecule has 1 heterocycles. The minimum Gasteiger partial charge on any atom is -0.379 e. The molecule has 1 unspecified atom stereocenters. The van der Waals surface area contributed by atoms with Crippen LogP contribution in [-0.4, -0.2) is 17.7 Å². The molecule has 0 bridgehead atoms. The second-order valence-corrected chi connectivity index (χ2v) is 6.51. The first-order valence-corrected chi connectivity index (χ1v) is 7.30. The van der Waals surface area contributed by atoms with Crippen LogP contribution in [0.5, 0.6) is 0 Å². The van der Waals surface area contributed by atoms with E-state index < -0.39 is 0 Å². The predicted octanol–water partition coefficient (Wildman–Crippen LogP) is 3.32. The van der Waals surface area contributed by atoms with E-state index in [1.165, 1.54) is 0 Å². The molecule has 0 aliphatic rings. The highest BCUT2D eigenvalue weighted by atomic mass is 79.9. The van der Waals surface area contributed by atoms with Gasteiger partial charge < -0.3 is 4.74 Å². The van der Waals surface area contributed by atoms with Crippen molar-refractivity contribution < 1.29 is 4.74 Å². The largest absolute Gasteiger partial charge is 0.379 e. The van der Waals surface area contributed by atoms with E-state index in [0.29, 0.717) is 0 Å². The molecule has 6 heteroatoms. The summed E-state index contributed by atoms with van der Waals surface area (Å²) in [7, 11) is 1.72. The van der Waals surface area contributed by atoms with Crippen LogP contribution < -0.4 is 11.3 Å². The van der Waals surface area contributed by atoms with Gasteiger partial charge in [0.05, 0.1) is 17.3 Å². The molecular weight excluding hydrogens is 362 g/mol. The zero-order chi connectivity index (χ0) is 13.8. The lowest BCUT2D eigenvalue weighted by Crippen LogP contribution is -2.32.